The summed E-state index contributed by atoms with van der Waals surface area (Å²) >= 11 is 0. The largest absolute Gasteiger partial charge is 0.462 e. The maximum absolute atomic E-state index is 13.3. The van der Waals surface area contributed by atoms with E-state index in [9.17, 15) is 19.5 Å². The minimum atomic E-state index is -0.575. The number of carbonyl (C=O) groups is 3. The Kier molecular flexibility index (Phi) is 9.40. The van der Waals surface area contributed by atoms with E-state index in [1.807, 2.05) is 20.8 Å². The van der Waals surface area contributed by atoms with Crippen LogP contribution < -0.4 is 11.3 Å². The number of hydrazine groups is 1. The molecule has 236 valence electrons. The molecule has 10 atom stereocenters. The molecule has 4 saturated carbocycles. The fourth-order valence-electron chi connectivity index (χ4n) is 10.3. The molecule has 0 aromatic heterocycles. The Morgan fingerprint density at radius 1 is 1.07 bits per heavy atom. The van der Waals surface area contributed by atoms with Crippen molar-refractivity contribution in [2.45, 2.75) is 131 Å². The second-order valence-corrected chi connectivity index (χ2v) is 14.6. The number of nitrogens with two attached hydrogens (primary N) is 1. The van der Waals surface area contributed by atoms with Crippen LogP contribution in [0.3, 0.4) is 0 Å². The minimum Gasteiger partial charge on any atom is -0.462 e. The molecular formula is C34H54N2O6. The summed E-state index contributed by atoms with van der Waals surface area (Å²) in [6, 6.07) is 0. The van der Waals surface area contributed by atoms with Crippen LogP contribution in [-0.4, -0.2) is 41.3 Å². The fourth-order valence-corrected chi connectivity index (χ4v) is 10.3. The first-order valence-corrected chi connectivity index (χ1v) is 16.1. The first kappa shape index (κ1) is 32.7. The van der Waals surface area contributed by atoms with Gasteiger partial charge >= 0.3 is 11.9 Å². The number of rotatable bonds is 7. The second kappa shape index (κ2) is 12.1. The van der Waals surface area contributed by atoms with Gasteiger partial charge in [0.25, 0.3) is 5.91 Å². The molecule has 1 amide bonds. The lowest BCUT2D eigenvalue weighted by Gasteiger charge is -2.69. The average Bonchev–Trinajstić information content (AvgIpc) is 3.18. The van der Waals surface area contributed by atoms with Crippen LogP contribution in [0, 0.1) is 39.9 Å². The number of carbonyl (C=O) groups excluding carboxylic acids is 3. The maximum atomic E-state index is 13.3. The normalized spacial score (nSPS) is 41.9. The number of hydrogen-bond donors (Lipinski definition) is 3. The molecule has 4 fully saturated rings. The Morgan fingerprint density at radius 3 is 2.36 bits per heavy atom. The molecule has 4 aliphatic carbocycles. The van der Waals surface area contributed by atoms with Crippen molar-refractivity contribution in [3.63, 3.8) is 0 Å². The van der Waals surface area contributed by atoms with Gasteiger partial charge in [-0.2, -0.15) is 0 Å². The summed E-state index contributed by atoms with van der Waals surface area (Å²) in [5.74, 6) is 5.29. The lowest BCUT2D eigenvalue weighted by molar-refractivity contribution is -0.236. The maximum Gasteiger partial charge on any atom is 0.305 e. The summed E-state index contributed by atoms with van der Waals surface area (Å²) in [6.45, 7) is 16.5. The van der Waals surface area contributed by atoms with Gasteiger partial charge in [-0.25, -0.2) is 5.84 Å². The van der Waals surface area contributed by atoms with Gasteiger partial charge in [-0.3, -0.25) is 19.8 Å². The monoisotopic (exact) mass is 586 g/mol. The van der Waals surface area contributed by atoms with E-state index >= 15 is 0 Å². The Bertz CT molecular complexity index is 1140. The van der Waals surface area contributed by atoms with Gasteiger partial charge in [0.2, 0.25) is 0 Å². The van der Waals surface area contributed by atoms with Crippen molar-refractivity contribution in [3.8, 4) is 0 Å². The highest BCUT2D eigenvalue weighted by Gasteiger charge is 2.71. The van der Waals surface area contributed by atoms with Crippen molar-refractivity contribution in [1.82, 2.24) is 5.43 Å². The van der Waals surface area contributed by atoms with Gasteiger partial charge in [-0.15, -0.1) is 0 Å². The molecule has 0 aliphatic heterocycles. The molecule has 0 saturated heterocycles. The summed E-state index contributed by atoms with van der Waals surface area (Å²) in [5.41, 5.74) is 4.26. The highest BCUT2D eigenvalue weighted by molar-refractivity contribution is 5.94. The van der Waals surface area contributed by atoms with Crippen molar-refractivity contribution in [3.05, 3.63) is 22.8 Å². The van der Waals surface area contributed by atoms with Crippen LogP contribution in [0.1, 0.15) is 113 Å². The Hall–Kier alpha value is -2.19. The topological polar surface area (TPSA) is 128 Å². The summed E-state index contributed by atoms with van der Waals surface area (Å²) in [7, 11) is 0. The van der Waals surface area contributed by atoms with Crippen LogP contribution in [0.2, 0.25) is 0 Å². The highest BCUT2D eigenvalue weighted by Crippen LogP contribution is 2.74. The van der Waals surface area contributed by atoms with Gasteiger partial charge in [0.1, 0.15) is 12.2 Å². The van der Waals surface area contributed by atoms with Crippen molar-refractivity contribution >= 4 is 17.8 Å². The zero-order valence-electron chi connectivity index (χ0n) is 27.0. The second-order valence-electron chi connectivity index (χ2n) is 14.6. The molecule has 0 aromatic rings. The molecule has 4 N–H and O–H groups in total. The molecular weight excluding hydrogens is 532 g/mol. The SMILES string of the molecule is CCC(=O)O[C@@H]1CC[C@@]2(C)[C@@H](CC[C@@]3(C)[C@H]2[C@H](O)C[C@H]2/C(=C(\CCC=C(C)C)C(=O)NN)[C@@H](OC(C)=O)C[C@@]23C)[C@@H]1C. The van der Waals surface area contributed by atoms with Crippen molar-refractivity contribution in [2.24, 2.45) is 45.8 Å². The molecule has 8 nitrogen and oxygen atoms in total. The van der Waals surface area contributed by atoms with Gasteiger partial charge < -0.3 is 14.6 Å². The van der Waals surface area contributed by atoms with E-state index in [1.54, 1.807) is 0 Å². The number of esters is 2. The summed E-state index contributed by atoms with van der Waals surface area (Å²) in [5, 5.41) is 12.1. The van der Waals surface area contributed by atoms with Gasteiger partial charge in [-0.1, -0.05) is 46.3 Å². The standard InChI is InChI=1S/C34H54N2O6/c1-9-28(39)42-26-14-15-32(6)23(20(26)4)13-16-33(7)30(32)25(38)17-24-29(27(41-21(5)37)18-34(24,33)8)22(31(40)36-35)12-10-11-19(2)3/h11,20,23-27,30,38H,9-10,12-18,35H2,1-8H3,(H,36,40)/b29-22-/t20-,23-,24-,25+,26+,27-,30-,32-,33-,34-/m0/s1. The van der Waals surface area contributed by atoms with E-state index in [4.69, 9.17) is 15.3 Å². The van der Waals surface area contributed by atoms with E-state index in [2.05, 4.69) is 39.2 Å². The molecule has 0 unspecified atom stereocenters. The molecule has 0 bridgehead atoms. The van der Waals surface area contributed by atoms with E-state index in [0.29, 0.717) is 43.6 Å². The molecule has 4 rings (SSSR count). The van der Waals surface area contributed by atoms with Crippen LogP contribution in [0.25, 0.3) is 0 Å². The third-order valence-corrected chi connectivity index (χ3v) is 12.3. The van der Waals surface area contributed by atoms with Gasteiger partial charge in [0, 0.05) is 18.9 Å². The van der Waals surface area contributed by atoms with Gasteiger partial charge in [-0.05, 0) is 111 Å². The molecule has 42 heavy (non-hydrogen) atoms. The van der Waals surface area contributed by atoms with Crippen molar-refractivity contribution in [1.29, 1.82) is 0 Å². The molecule has 4 aliphatic rings. The molecule has 0 heterocycles. The van der Waals surface area contributed by atoms with Crippen LogP contribution in [0.4, 0.5) is 0 Å². The van der Waals surface area contributed by atoms with E-state index in [0.717, 1.165) is 31.3 Å². The molecule has 0 spiro atoms. The predicted octanol–water partition coefficient (Wildman–Crippen LogP) is 5.53. The fraction of sp³-hybridized carbons (Fsp3) is 0.794. The zero-order chi connectivity index (χ0) is 31.2. The smallest absolute Gasteiger partial charge is 0.305 e. The van der Waals surface area contributed by atoms with Crippen molar-refractivity contribution < 1.29 is 29.0 Å². The lowest BCUT2D eigenvalue weighted by Crippen LogP contribution is -2.65. The lowest BCUT2D eigenvalue weighted by atomic mass is 9.36. The number of allylic oxidation sites excluding steroid dienone is 2. The van der Waals surface area contributed by atoms with Gasteiger partial charge in [0.05, 0.1) is 6.10 Å². The van der Waals surface area contributed by atoms with E-state index < -0.39 is 12.2 Å². The number of aliphatic hydroxyl groups is 1. The van der Waals surface area contributed by atoms with Crippen LogP contribution in [0.15, 0.2) is 22.8 Å². The molecule has 0 radical (unpaired) electrons. The number of aliphatic hydroxyl groups excluding tert-OH is 1. The molecule has 8 heteroatoms. The highest BCUT2D eigenvalue weighted by atomic mass is 16.5. The number of fused-ring (bicyclic) bond motifs is 5. The summed E-state index contributed by atoms with van der Waals surface area (Å²) in [6.07, 6.45) is 7.15. The van der Waals surface area contributed by atoms with E-state index in [1.165, 1.54) is 12.5 Å². The zero-order valence-corrected chi connectivity index (χ0v) is 27.0. The number of nitrogens with one attached hydrogen (secondary N) is 1. The van der Waals surface area contributed by atoms with E-state index in [-0.39, 0.29) is 57.9 Å². The van der Waals surface area contributed by atoms with Crippen LogP contribution in [-0.2, 0) is 23.9 Å². The van der Waals surface area contributed by atoms with Gasteiger partial charge in [0.15, 0.2) is 0 Å². The number of amides is 1. The average molecular weight is 587 g/mol. The number of ether oxygens (including phenoxy) is 2. The number of hydrogen-bond acceptors (Lipinski definition) is 7. The molecule has 0 aromatic carbocycles. The first-order chi connectivity index (χ1) is 19.6. The third-order valence-electron chi connectivity index (χ3n) is 12.3. The van der Waals surface area contributed by atoms with Crippen LogP contribution >= 0.6 is 0 Å². The third kappa shape index (κ3) is 5.36. The summed E-state index contributed by atoms with van der Waals surface area (Å²) < 4.78 is 11.9. The van der Waals surface area contributed by atoms with Crippen molar-refractivity contribution in [2.75, 3.05) is 0 Å². The summed E-state index contributed by atoms with van der Waals surface area (Å²) in [4.78, 5) is 37.8. The minimum absolute atomic E-state index is 0.0325. The Balaban J connectivity index is 1.78. The van der Waals surface area contributed by atoms with Crippen LogP contribution in [0.5, 0.6) is 0 Å². The first-order valence-electron chi connectivity index (χ1n) is 16.1. The Labute approximate surface area is 252 Å². The predicted molar refractivity (Wildman–Crippen MR) is 161 cm³/mol. The quantitative estimate of drug-likeness (QED) is 0.0893. The Morgan fingerprint density at radius 2 is 1.76 bits per heavy atom.